The number of ether oxygens (including phenoxy) is 3. The molecule has 0 atom stereocenters. The van der Waals surface area contributed by atoms with Crippen LogP contribution < -0.4 is 0 Å². The van der Waals surface area contributed by atoms with Gasteiger partial charge in [0.2, 0.25) is 0 Å². The monoisotopic (exact) mass is 316 g/mol. The minimum Gasteiger partial charge on any atom is -0.463 e. The quantitative estimate of drug-likeness (QED) is 0.632. The molecular formula is C15H15F3O4. The van der Waals surface area contributed by atoms with Crippen LogP contribution in [0.2, 0.25) is 0 Å². The first kappa shape index (κ1) is 16.5. The zero-order chi connectivity index (χ0) is 16.2. The molecule has 1 aliphatic rings. The number of benzene rings is 1. The Morgan fingerprint density at radius 3 is 2.64 bits per heavy atom. The molecule has 22 heavy (non-hydrogen) atoms. The van der Waals surface area contributed by atoms with E-state index in [0.717, 1.165) is 0 Å². The third kappa shape index (κ3) is 4.08. The Bertz CT molecular complexity index is 560. The van der Waals surface area contributed by atoms with Crippen molar-refractivity contribution in [1.82, 2.24) is 0 Å². The Morgan fingerprint density at radius 1 is 1.36 bits per heavy atom. The highest BCUT2D eigenvalue weighted by molar-refractivity contribution is 5.92. The standard InChI is InChI=1S/C15H15F3O4/c1-2-20-13(19)9-12(15(16,17)18)10-4-3-5-11(8-10)14-21-6-7-22-14/h3-5,8-9,14H,2,6-7H2,1H3/b12-9-. The van der Waals surface area contributed by atoms with Gasteiger partial charge in [0.15, 0.2) is 6.29 Å². The maximum atomic E-state index is 13.2. The third-order valence-corrected chi connectivity index (χ3v) is 2.95. The third-order valence-electron chi connectivity index (χ3n) is 2.95. The summed E-state index contributed by atoms with van der Waals surface area (Å²) < 4.78 is 54.6. The summed E-state index contributed by atoms with van der Waals surface area (Å²) in [5.41, 5.74) is -0.739. The molecule has 1 aliphatic heterocycles. The molecule has 0 N–H and O–H groups in total. The van der Waals surface area contributed by atoms with Crippen molar-refractivity contribution < 1.29 is 32.2 Å². The van der Waals surface area contributed by atoms with Crippen molar-refractivity contribution in [3.63, 3.8) is 0 Å². The van der Waals surface area contributed by atoms with Gasteiger partial charge in [0, 0.05) is 11.6 Å². The summed E-state index contributed by atoms with van der Waals surface area (Å²) >= 11 is 0. The highest BCUT2D eigenvalue weighted by atomic mass is 19.4. The Balaban J connectivity index is 2.35. The molecule has 1 saturated heterocycles. The molecule has 0 saturated carbocycles. The molecule has 1 aromatic carbocycles. The first-order valence-electron chi connectivity index (χ1n) is 6.71. The SMILES string of the molecule is CCOC(=O)/C=C(/c1cccc(C2OCCO2)c1)C(F)(F)F. The van der Waals surface area contributed by atoms with Gasteiger partial charge in [-0.15, -0.1) is 0 Å². The summed E-state index contributed by atoms with van der Waals surface area (Å²) in [6.45, 7) is 2.30. The highest BCUT2D eigenvalue weighted by Gasteiger charge is 2.36. The molecule has 1 heterocycles. The molecular weight excluding hydrogens is 301 g/mol. The second-order valence-electron chi connectivity index (χ2n) is 4.51. The number of alkyl halides is 3. The number of rotatable bonds is 4. The topological polar surface area (TPSA) is 44.8 Å². The van der Waals surface area contributed by atoms with Crippen LogP contribution in [0.3, 0.4) is 0 Å². The van der Waals surface area contributed by atoms with Crippen LogP contribution >= 0.6 is 0 Å². The zero-order valence-electron chi connectivity index (χ0n) is 11.9. The van der Waals surface area contributed by atoms with Gasteiger partial charge in [-0.05, 0) is 18.6 Å². The van der Waals surface area contributed by atoms with Gasteiger partial charge in [-0.2, -0.15) is 13.2 Å². The lowest BCUT2D eigenvalue weighted by Gasteiger charge is -2.15. The minimum atomic E-state index is -4.68. The smallest absolute Gasteiger partial charge is 0.417 e. The van der Waals surface area contributed by atoms with Gasteiger partial charge in [-0.1, -0.05) is 18.2 Å². The number of carbonyl (C=O) groups is 1. The van der Waals surface area contributed by atoms with E-state index in [-0.39, 0.29) is 12.2 Å². The van der Waals surface area contributed by atoms with Gasteiger partial charge in [0.1, 0.15) is 0 Å². The normalized spacial score (nSPS) is 16.8. The first-order chi connectivity index (χ1) is 10.4. The van der Waals surface area contributed by atoms with Crippen LogP contribution in [0.5, 0.6) is 0 Å². The van der Waals surface area contributed by atoms with E-state index < -0.39 is 24.0 Å². The molecule has 0 radical (unpaired) electrons. The number of hydrogen-bond donors (Lipinski definition) is 0. The van der Waals surface area contributed by atoms with E-state index in [0.29, 0.717) is 24.9 Å². The van der Waals surface area contributed by atoms with Gasteiger partial charge >= 0.3 is 12.1 Å². The van der Waals surface area contributed by atoms with Gasteiger partial charge < -0.3 is 14.2 Å². The molecule has 4 nitrogen and oxygen atoms in total. The van der Waals surface area contributed by atoms with Gasteiger partial charge in [0.25, 0.3) is 0 Å². The lowest BCUT2D eigenvalue weighted by atomic mass is 10.0. The predicted molar refractivity (Wildman–Crippen MR) is 71.8 cm³/mol. The maximum absolute atomic E-state index is 13.2. The predicted octanol–water partition coefficient (Wildman–Crippen LogP) is 3.24. The lowest BCUT2D eigenvalue weighted by molar-refractivity contribution is -0.137. The highest BCUT2D eigenvalue weighted by Crippen LogP contribution is 2.35. The second kappa shape index (κ2) is 6.93. The number of esters is 1. The van der Waals surface area contributed by atoms with Crippen molar-refractivity contribution in [3.8, 4) is 0 Å². The molecule has 0 unspecified atom stereocenters. The fourth-order valence-electron chi connectivity index (χ4n) is 2.03. The van der Waals surface area contributed by atoms with Crippen molar-refractivity contribution >= 4 is 11.5 Å². The van der Waals surface area contributed by atoms with Gasteiger partial charge in [-0.3, -0.25) is 0 Å². The average molecular weight is 316 g/mol. The summed E-state index contributed by atoms with van der Waals surface area (Å²) in [6.07, 6.45) is -4.90. The number of halogens is 3. The molecule has 1 aromatic rings. The number of hydrogen-bond acceptors (Lipinski definition) is 4. The largest absolute Gasteiger partial charge is 0.463 e. The molecule has 0 spiro atoms. The van der Waals surface area contributed by atoms with E-state index >= 15 is 0 Å². The molecule has 0 aliphatic carbocycles. The lowest BCUT2D eigenvalue weighted by Crippen LogP contribution is -2.14. The van der Waals surface area contributed by atoms with Crippen molar-refractivity contribution in [3.05, 3.63) is 41.5 Å². The Morgan fingerprint density at radius 2 is 2.05 bits per heavy atom. The Kier molecular flexibility index (Phi) is 5.20. The fourth-order valence-corrected chi connectivity index (χ4v) is 2.03. The molecule has 0 amide bonds. The summed E-state index contributed by atoms with van der Waals surface area (Å²) in [5.74, 6) is -1.03. The van der Waals surface area contributed by atoms with E-state index in [2.05, 4.69) is 4.74 Å². The van der Waals surface area contributed by atoms with Crippen molar-refractivity contribution in [2.24, 2.45) is 0 Å². The van der Waals surface area contributed by atoms with Crippen molar-refractivity contribution in [2.45, 2.75) is 19.4 Å². The molecule has 1 fully saturated rings. The summed E-state index contributed by atoms with van der Waals surface area (Å²) in [6, 6.07) is 5.64. The minimum absolute atomic E-state index is 0.00423. The fraction of sp³-hybridized carbons (Fsp3) is 0.400. The average Bonchev–Trinajstić information content (AvgIpc) is 2.98. The van der Waals surface area contributed by atoms with Crippen LogP contribution in [0.25, 0.3) is 5.57 Å². The Labute approximate surface area is 125 Å². The molecule has 120 valence electrons. The maximum Gasteiger partial charge on any atom is 0.417 e. The van der Waals surface area contributed by atoms with E-state index in [1.54, 1.807) is 6.07 Å². The van der Waals surface area contributed by atoms with Crippen LogP contribution in [0, 0.1) is 0 Å². The number of carbonyl (C=O) groups excluding carboxylic acids is 1. The van der Waals surface area contributed by atoms with Crippen molar-refractivity contribution in [2.75, 3.05) is 19.8 Å². The van der Waals surface area contributed by atoms with Gasteiger partial charge in [-0.25, -0.2) is 4.79 Å². The summed E-state index contributed by atoms with van der Waals surface area (Å²) in [4.78, 5) is 11.4. The van der Waals surface area contributed by atoms with E-state index in [4.69, 9.17) is 9.47 Å². The zero-order valence-corrected chi connectivity index (χ0v) is 11.9. The van der Waals surface area contributed by atoms with Crippen molar-refractivity contribution in [1.29, 1.82) is 0 Å². The Hall–Kier alpha value is -1.86. The van der Waals surface area contributed by atoms with E-state index in [1.165, 1.54) is 25.1 Å². The van der Waals surface area contributed by atoms with E-state index in [9.17, 15) is 18.0 Å². The molecule has 0 bridgehead atoms. The van der Waals surface area contributed by atoms with Crippen LogP contribution in [0.1, 0.15) is 24.3 Å². The summed E-state index contributed by atoms with van der Waals surface area (Å²) in [5, 5.41) is 0. The van der Waals surface area contributed by atoms with Gasteiger partial charge in [0.05, 0.1) is 25.4 Å². The first-order valence-corrected chi connectivity index (χ1v) is 6.71. The number of allylic oxidation sites excluding steroid dienone is 1. The van der Waals surface area contributed by atoms with Crippen LogP contribution in [0.4, 0.5) is 13.2 Å². The second-order valence-corrected chi connectivity index (χ2v) is 4.51. The van der Waals surface area contributed by atoms with Crippen LogP contribution in [0.15, 0.2) is 30.3 Å². The molecule has 7 heteroatoms. The van der Waals surface area contributed by atoms with Crippen LogP contribution in [-0.2, 0) is 19.0 Å². The van der Waals surface area contributed by atoms with E-state index in [1.807, 2.05) is 0 Å². The molecule has 0 aromatic heterocycles. The van der Waals surface area contributed by atoms with Crippen LogP contribution in [-0.4, -0.2) is 32.0 Å². The molecule has 2 rings (SSSR count). The summed E-state index contributed by atoms with van der Waals surface area (Å²) in [7, 11) is 0.